The van der Waals surface area contributed by atoms with Gasteiger partial charge in [0, 0.05) is 43.6 Å². The van der Waals surface area contributed by atoms with Crippen molar-refractivity contribution in [2.75, 3.05) is 25.0 Å². The van der Waals surface area contributed by atoms with Crippen molar-refractivity contribution >= 4 is 34.8 Å². The van der Waals surface area contributed by atoms with Gasteiger partial charge in [0.15, 0.2) is 0 Å². The Morgan fingerprint density at radius 3 is 2.50 bits per heavy atom. The molecular formula is C25H28Cl2N4O. The Kier molecular flexibility index (Phi) is 6.77. The summed E-state index contributed by atoms with van der Waals surface area (Å²) in [5, 5.41) is 5.63. The number of anilines is 1. The third-order valence-electron chi connectivity index (χ3n) is 6.19. The lowest BCUT2D eigenvalue weighted by molar-refractivity contribution is -0.129. The Labute approximate surface area is 199 Å². The fourth-order valence-corrected chi connectivity index (χ4v) is 4.63. The number of halogens is 2. The number of hydrogen-bond acceptors (Lipinski definition) is 3. The molecule has 0 bridgehead atoms. The van der Waals surface area contributed by atoms with E-state index < -0.39 is 0 Å². The molecular weight excluding hydrogens is 443 g/mol. The first-order valence-corrected chi connectivity index (χ1v) is 11.7. The summed E-state index contributed by atoms with van der Waals surface area (Å²) in [7, 11) is 1.87. The molecule has 1 amide bonds. The number of likely N-dealkylation sites (N-methyl/N-ethyl adjacent to an activating group) is 1. The van der Waals surface area contributed by atoms with Gasteiger partial charge in [-0.3, -0.25) is 4.79 Å². The van der Waals surface area contributed by atoms with Gasteiger partial charge in [-0.2, -0.15) is 5.10 Å². The van der Waals surface area contributed by atoms with Gasteiger partial charge >= 0.3 is 0 Å². The topological polar surface area (TPSA) is 41.4 Å². The second-order valence-corrected chi connectivity index (χ2v) is 9.22. The van der Waals surface area contributed by atoms with Crippen molar-refractivity contribution < 1.29 is 4.79 Å². The van der Waals surface area contributed by atoms with Crippen LogP contribution in [0.5, 0.6) is 0 Å². The van der Waals surface area contributed by atoms with Crippen LogP contribution in [-0.2, 0) is 17.8 Å². The highest BCUT2D eigenvalue weighted by Crippen LogP contribution is 2.28. The third kappa shape index (κ3) is 4.64. The number of aromatic nitrogens is 2. The van der Waals surface area contributed by atoms with Gasteiger partial charge in [-0.1, -0.05) is 41.4 Å². The molecule has 1 saturated heterocycles. The summed E-state index contributed by atoms with van der Waals surface area (Å²) in [4.78, 5) is 17.4. The Bertz CT molecular complexity index is 1130. The van der Waals surface area contributed by atoms with Crippen molar-refractivity contribution in [1.82, 2.24) is 14.7 Å². The van der Waals surface area contributed by atoms with E-state index in [9.17, 15) is 4.79 Å². The summed E-state index contributed by atoms with van der Waals surface area (Å²) < 4.78 is 1.82. The zero-order chi connectivity index (χ0) is 22.8. The fourth-order valence-electron chi connectivity index (χ4n) is 4.34. The van der Waals surface area contributed by atoms with E-state index in [1.165, 1.54) is 24.1 Å². The SMILES string of the molecule is Cc1nn(-c2ccc(Cl)c(Cl)c2)c(C)c1CC(=O)N(C)Cc1ccccc1N1CCCC1. The van der Waals surface area contributed by atoms with Crippen LogP contribution in [-0.4, -0.2) is 40.7 Å². The quantitative estimate of drug-likeness (QED) is 0.470. The summed E-state index contributed by atoms with van der Waals surface area (Å²) in [6.07, 6.45) is 2.76. The lowest BCUT2D eigenvalue weighted by Gasteiger charge is -2.24. The molecule has 0 spiro atoms. The highest BCUT2D eigenvalue weighted by molar-refractivity contribution is 6.42. The molecule has 0 unspecified atom stereocenters. The molecule has 7 heteroatoms. The summed E-state index contributed by atoms with van der Waals surface area (Å²) in [5.41, 5.74) is 5.97. The van der Waals surface area contributed by atoms with Crippen LogP contribution in [0, 0.1) is 13.8 Å². The lowest BCUT2D eigenvalue weighted by atomic mass is 10.1. The van der Waals surface area contributed by atoms with E-state index in [-0.39, 0.29) is 5.91 Å². The molecule has 168 valence electrons. The van der Waals surface area contributed by atoms with Crippen LogP contribution < -0.4 is 4.90 Å². The van der Waals surface area contributed by atoms with Gasteiger partial charge in [-0.15, -0.1) is 0 Å². The van der Waals surface area contributed by atoms with Gasteiger partial charge in [0.05, 0.1) is 27.8 Å². The average molecular weight is 471 g/mol. The standard InChI is InChI=1S/C25H28Cl2N4O/c1-17-21(18(2)31(28-17)20-10-11-22(26)23(27)14-20)15-25(32)29(3)16-19-8-4-5-9-24(19)30-12-6-7-13-30/h4-5,8-11,14H,6-7,12-13,15-16H2,1-3H3. The van der Waals surface area contributed by atoms with E-state index >= 15 is 0 Å². The number of carbonyl (C=O) groups is 1. The minimum Gasteiger partial charge on any atom is -0.371 e. The first kappa shape index (κ1) is 22.7. The zero-order valence-corrected chi connectivity index (χ0v) is 20.2. The van der Waals surface area contributed by atoms with Gasteiger partial charge < -0.3 is 9.80 Å². The summed E-state index contributed by atoms with van der Waals surface area (Å²) >= 11 is 12.2. The van der Waals surface area contributed by atoms with E-state index in [4.69, 9.17) is 23.2 Å². The predicted octanol–water partition coefficient (Wildman–Crippen LogP) is 5.60. The van der Waals surface area contributed by atoms with Crippen molar-refractivity contribution in [3.63, 3.8) is 0 Å². The minimum absolute atomic E-state index is 0.0705. The third-order valence-corrected chi connectivity index (χ3v) is 6.93. The molecule has 1 aromatic heterocycles. The Hall–Kier alpha value is -2.50. The Balaban J connectivity index is 1.51. The van der Waals surface area contributed by atoms with E-state index in [1.807, 2.05) is 42.6 Å². The van der Waals surface area contributed by atoms with Crippen LogP contribution in [0.2, 0.25) is 10.0 Å². The second-order valence-electron chi connectivity index (χ2n) is 8.41. The highest BCUT2D eigenvalue weighted by Gasteiger charge is 2.21. The molecule has 1 fully saturated rings. The first-order chi connectivity index (χ1) is 15.3. The van der Waals surface area contributed by atoms with E-state index in [1.54, 1.807) is 12.1 Å². The van der Waals surface area contributed by atoms with Crippen molar-refractivity contribution in [1.29, 1.82) is 0 Å². The van der Waals surface area contributed by atoms with Crippen LogP contribution in [0.1, 0.15) is 35.4 Å². The van der Waals surface area contributed by atoms with Crippen LogP contribution in [0.3, 0.4) is 0 Å². The van der Waals surface area contributed by atoms with E-state index in [2.05, 4.69) is 28.2 Å². The first-order valence-electron chi connectivity index (χ1n) is 10.9. The number of nitrogens with zero attached hydrogens (tertiary/aromatic N) is 4. The molecule has 1 aliphatic heterocycles. The minimum atomic E-state index is 0.0705. The molecule has 0 radical (unpaired) electrons. The van der Waals surface area contributed by atoms with Crippen LogP contribution in [0.4, 0.5) is 5.69 Å². The highest BCUT2D eigenvalue weighted by atomic mass is 35.5. The van der Waals surface area contributed by atoms with Gasteiger partial charge in [0.25, 0.3) is 0 Å². The summed E-state index contributed by atoms with van der Waals surface area (Å²) in [6, 6.07) is 13.8. The second kappa shape index (κ2) is 9.55. The molecule has 2 heterocycles. The number of aryl methyl sites for hydroxylation is 1. The lowest BCUT2D eigenvalue weighted by Crippen LogP contribution is -2.29. The maximum atomic E-state index is 13.1. The number of rotatable bonds is 6. The Morgan fingerprint density at radius 1 is 1.06 bits per heavy atom. The molecule has 0 atom stereocenters. The zero-order valence-electron chi connectivity index (χ0n) is 18.7. The summed E-state index contributed by atoms with van der Waals surface area (Å²) in [6.45, 7) is 6.67. The average Bonchev–Trinajstić information content (AvgIpc) is 3.40. The molecule has 5 nitrogen and oxygen atoms in total. The largest absolute Gasteiger partial charge is 0.371 e. The molecule has 2 aromatic carbocycles. The normalized spacial score (nSPS) is 13.6. The molecule has 4 rings (SSSR count). The molecule has 3 aromatic rings. The number of hydrogen-bond donors (Lipinski definition) is 0. The van der Waals surface area contributed by atoms with Gasteiger partial charge in [-0.25, -0.2) is 4.68 Å². The number of benzene rings is 2. The molecule has 0 aliphatic carbocycles. The molecule has 0 saturated carbocycles. The van der Waals surface area contributed by atoms with Crippen molar-refractivity contribution in [3.05, 3.63) is 75.0 Å². The number of amides is 1. The van der Waals surface area contributed by atoms with Gasteiger partial charge in [-0.05, 0) is 56.5 Å². The fraction of sp³-hybridized carbons (Fsp3) is 0.360. The van der Waals surface area contributed by atoms with Gasteiger partial charge in [0.2, 0.25) is 5.91 Å². The predicted molar refractivity (Wildman–Crippen MR) is 131 cm³/mol. The van der Waals surface area contributed by atoms with Gasteiger partial charge in [0.1, 0.15) is 0 Å². The maximum Gasteiger partial charge on any atom is 0.227 e. The van der Waals surface area contributed by atoms with Crippen molar-refractivity contribution in [2.24, 2.45) is 0 Å². The summed E-state index contributed by atoms with van der Waals surface area (Å²) in [5.74, 6) is 0.0705. The van der Waals surface area contributed by atoms with E-state index in [0.717, 1.165) is 35.7 Å². The number of carbonyl (C=O) groups excluding carboxylic acids is 1. The monoisotopic (exact) mass is 470 g/mol. The molecule has 32 heavy (non-hydrogen) atoms. The van der Waals surface area contributed by atoms with Crippen LogP contribution in [0.15, 0.2) is 42.5 Å². The van der Waals surface area contributed by atoms with Crippen molar-refractivity contribution in [2.45, 2.75) is 39.7 Å². The number of para-hydroxylation sites is 1. The maximum absolute atomic E-state index is 13.1. The molecule has 1 aliphatic rings. The van der Waals surface area contributed by atoms with Crippen LogP contribution in [0.25, 0.3) is 5.69 Å². The van der Waals surface area contributed by atoms with Crippen LogP contribution >= 0.6 is 23.2 Å². The van der Waals surface area contributed by atoms with E-state index in [0.29, 0.717) is 23.0 Å². The van der Waals surface area contributed by atoms with Crippen molar-refractivity contribution in [3.8, 4) is 5.69 Å². The smallest absolute Gasteiger partial charge is 0.227 e. The Morgan fingerprint density at radius 2 is 1.78 bits per heavy atom. The molecule has 0 N–H and O–H groups in total.